The Balaban J connectivity index is 2.00. The lowest BCUT2D eigenvalue weighted by Gasteiger charge is -2.14. The molecule has 0 heterocycles. The summed E-state index contributed by atoms with van der Waals surface area (Å²) in [5.74, 6) is 0.877. The van der Waals surface area contributed by atoms with E-state index in [0.29, 0.717) is 6.04 Å². The van der Waals surface area contributed by atoms with E-state index in [0.717, 1.165) is 12.0 Å². The van der Waals surface area contributed by atoms with Crippen LogP contribution in [0.3, 0.4) is 0 Å². The van der Waals surface area contributed by atoms with Crippen molar-refractivity contribution in [2.24, 2.45) is 5.92 Å². The maximum Gasteiger partial charge on any atom is 0.0294 e. The zero-order chi connectivity index (χ0) is 10.1. The maximum absolute atomic E-state index is 3.65. The standard InChI is InChI=1S/C13H19N/c1-9-5-4-6-12(7-9)11(3)14-13-8-10(13)2/h4-7,10-11,13-14H,8H2,1-3H3. The van der Waals surface area contributed by atoms with E-state index < -0.39 is 0 Å². The van der Waals surface area contributed by atoms with Crippen LogP contribution >= 0.6 is 0 Å². The van der Waals surface area contributed by atoms with Gasteiger partial charge in [0.15, 0.2) is 0 Å². The van der Waals surface area contributed by atoms with Crippen LogP contribution in [0.1, 0.15) is 37.4 Å². The third-order valence-electron chi connectivity index (χ3n) is 3.12. The Hall–Kier alpha value is -0.820. The number of aryl methyl sites for hydroxylation is 1. The van der Waals surface area contributed by atoms with Crippen LogP contribution in [0.2, 0.25) is 0 Å². The van der Waals surface area contributed by atoms with Crippen LogP contribution in [0.5, 0.6) is 0 Å². The van der Waals surface area contributed by atoms with Crippen LogP contribution in [0.15, 0.2) is 24.3 Å². The molecule has 2 rings (SSSR count). The molecular weight excluding hydrogens is 170 g/mol. The Morgan fingerprint density at radius 3 is 2.71 bits per heavy atom. The van der Waals surface area contributed by atoms with E-state index in [1.165, 1.54) is 17.5 Å². The zero-order valence-corrected chi connectivity index (χ0v) is 9.25. The van der Waals surface area contributed by atoms with Crippen molar-refractivity contribution < 1.29 is 0 Å². The van der Waals surface area contributed by atoms with Crippen molar-refractivity contribution in [2.45, 2.75) is 39.3 Å². The largest absolute Gasteiger partial charge is 0.307 e. The average molecular weight is 189 g/mol. The molecule has 14 heavy (non-hydrogen) atoms. The number of rotatable bonds is 3. The van der Waals surface area contributed by atoms with Gasteiger partial charge >= 0.3 is 0 Å². The second-order valence-electron chi connectivity index (χ2n) is 4.62. The van der Waals surface area contributed by atoms with Crippen LogP contribution in [0, 0.1) is 12.8 Å². The monoisotopic (exact) mass is 189 g/mol. The molecule has 0 aromatic heterocycles. The lowest BCUT2D eigenvalue weighted by Crippen LogP contribution is -2.21. The summed E-state index contributed by atoms with van der Waals surface area (Å²) in [4.78, 5) is 0. The van der Waals surface area contributed by atoms with Crippen molar-refractivity contribution in [1.29, 1.82) is 0 Å². The predicted molar refractivity (Wildman–Crippen MR) is 60.3 cm³/mol. The molecule has 0 amide bonds. The van der Waals surface area contributed by atoms with Crippen LogP contribution in [0.4, 0.5) is 0 Å². The van der Waals surface area contributed by atoms with Gasteiger partial charge in [0.05, 0.1) is 0 Å². The highest BCUT2D eigenvalue weighted by Gasteiger charge is 2.33. The van der Waals surface area contributed by atoms with Gasteiger partial charge in [0, 0.05) is 12.1 Å². The predicted octanol–water partition coefficient (Wildman–Crippen LogP) is 3.05. The summed E-state index contributed by atoms with van der Waals surface area (Å²) in [5, 5.41) is 3.65. The first-order valence-corrected chi connectivity index (χ1v) is 5.49. The molecule has 1 aromatic carbocycles. The number of hydrogen-bond acceptors (Lipinski definition) is 1. The highest BCUT2D eigenvalue weighted by Crippen LogP contribution is 2.31. The number of hydrogen-bond donors (Lipinski definition) is 1. The first-order valence-electron chi connectivity index (χ1n) is 5.49. The molecule has 3 unspecified atom stereocenters. The molecule has 1 N–H and O–H groups in total. The minimum atomic E-state index is 0.491. The molecule has 0 spiro atoms. The summed E-state index contributed by atoms with van der Waals surface area (Å²) in [6, 6.07) is 10.0. The molecule has 3 atom stereocenters. The third kappa shape index (κ3) is 2.16. The fourth-order valence-electron chi connectivity index (χ4n) is 1.91. The lowest BCUT2D eigenvalue weighted by molar-refractivity contribution is 0.551. The van der Waals surface area contributed by atoms with Gasteiger partial charge in [-0.2, -0.15) is 0 Å². The quantitative estimate of drug-likeness (QED) is 0.770. The molecule has 1 fully saturated rings. The number of benzene rings is 1. The van der Waals surface area contributed by atoms with Crippen LogP contribution < -0.4 is 5.32 Å². The molecule has 0 radical (unpaired) electrons. The Bertz CT molecular complexity index is 319. The van der Waals surface area contributed by atoms with Gasteiger partial charge in [-0.05, 0) is 31.7 Å². The summed E-state index contributed by atoms with van der Waals surface area (Å²) in [5.41, 5.74) is 2.75. The van der Waals surface area contributed by atoms with Gasteiger partial charge in [0.1, 0.15) is 0 Å². The van der Waals surface area contributed by atoms with Crippen molar-refractivity contribution in [3.63, 3.8) is 0 Å². The average Bonchev–Trinajstić information content (AvgIpc) is 2.81. The molecule has 1 saturated carbocycles. The highest BCUT2D eigenvalue weighted by atomic mass is 15.0. The van der Waals surface area contributed by atoms with Crippen molar-refractivity contribution >= 4 is 0 Å². The maximum atomic E-state index is 3.65. The Morgan fingerprint density at radius 1 is 1.43 bits per heavy atom. The van der Waals surface area contributed by atoms with Crippen LogP contribution in [0.25, 0.3) is 0 Å². The molecule has 1 aromatic rings. The van der Waals surface area contributed by atoms with E-state index in [1.54, 1.807) is 0 Å². The van der Waals surface area contributed by atoms with Gasteiger partial charge in [-0.25, -0.2) is 0 Å². The summed E-state index contributed by atoms with van der Waals surface area (Å²) >= 11 is 0. The second-order valence-corrected chi connectivity index (χ2v) is 4.62. The molecule has 1 nitrogen and oxygen atoms in total. The van der Waals surface area contributed by atoms with Gasteiger partial charge < -0.3 is 5.32 Å². The minimum absolute atomic E-state index is 0.491. The lowest BCUT2D eigenvalue weighted by atomic mass is 10.1. The topological polar surface area (TPSA) is 12.0 Å². The molecule has 1 heteroatoms. The molecular formula is C13H19N. The summed E-state index contributed by atoms with van der Waals surface area (Å²) in [7, 11) is 0. The van der Waals surface area contributed by atoms with Crippen LogP contribution in [-0.4, -0.2) is 6.04 Å². The summed E-state index contributed by atoms with van der Waals surface area (Å²) in [6.45, 7) is 6.70. The first-order chi connectivity index (χ1) is 6.66. The SMILES string of the molecule is Cc1cccc(C(C)NC2CC2C)c1. The first kappa shape index (κ1) is 9.72. The zero-order valence-electron chi connectivity index (χ0n) is 9.25. The van der Waals surface area contributed by atoms with Crippen molar-refractivity contribution in [3.8, 4) is 0 Å². The third-order valence-corrected chi connectivity index (χ3v) is 3.12. The van der Waals surface area contributed by atoms with Crippen LogP contribution in [-0.2, 0) is 0 Å². The van der Waals surface area contributed by atoms with E-state index in [4.69, 9.17) is 0 Å². The minimum Gasteiger partial charge on any atom is -0.307 e. The summed E-state index contributed by atoms with van der Waals surface area (Å²) < 4.78 is 0. The van der Waals surface area contributed by atoms with Crippen molar-refractivity contribution in [3.05, 3.63) is 35.4 Å². The Labute approximate surface area is 86.5 Å². The molecule has 76 valence electrons. The number of nitrogens with one attached hydrogen (secondary N) is 1. The van der Waals surface area contributed by atoms with Gasteiger partial charge in [-0.15, -0.1) is 0 Å². The van der Waals surface area contributed by atoms with E-state index in [-0.39, 0.29) is 0 Å². The molecule has 1 aliphatic carbocycles. The van der Waals surface area contributed by atoms with Crippen molar-refractivity contribution in [1.82, 2.24) is 5.32 Å². The molecule has 0 bridgehead atoms. The van der Waals surface area contributed by atoms with Gasteiger partial charge in [0.25, 0.3) is 0 Å². The van der Waals surface area contributed by atoms with Crippen molar-refractivity contribution in [2.75, 3.05) is 0 Å². The fourth-order valence-corrected chi connectivity index (χ4v) is 1.91. The second kappa shape index (κ2) is 3.74. The smallest absolute Gasteiger partial charge is 0.0294 e. The van der Waals surface area contributed by atoms with E-state index in [1.807, 2.05) is 0 Å². The van der Waals surface area contributed by atoms with E-state index in [2.05, 4.69) is 50.4 Å². The molecule has 1 aliphatic rings. The highest BCUT2D eigenvalue weighted by molar-refractivity contribution is 5.24. The van der Waals surface area contributed by atoms with E-state index >= 15 is 0 Å². The normalized spacial score (nSPS) is 27.4. The fraction of sp³-hybridized carbons (Fsp3) is 0.538. The van der Waals surface area contributed by atoms with Gasteiger partial charge in [-0.1, -0.05) is 36.8 Å². The van der Waals surface area contributed by atoms with Gasteiger partial charge in [-0.3, -0.25) is 0 Å². The van der Waals surface area contributed by atoms with E-state index in [9.17, 15) is 0 Å². The Morgan fingerprint density at radius 2 is 2.14 bits per heavy atom. The Kier molecular flexibility index (Phi) is 2.60. The molecule has 0 saturated heterocycles. The van der Waals surface area contributed by atoms with Gasteiger partial charge in [0.2, 0.25) is 0 Å². The summed E-state index contributed by atoms with van der Waals surface area (Å²) in [6.07, 6.45) is 1.34. The molecule has 0 aliphatic heterocycles.